The molecular weight excluding hydrogens is 338 g/mol. The van der Waals surface area contributed by atoms with Crippen LogP contribution in [0.1, 0.15) is 12.5 Å². The van der Waals surface area contributed by atoms with Crippen LogP contribution in [0.25, 0.3) is 11.0 Å². The van der Waals surface area contributed by atoms with E-state index in [0.29, 0.717) is 23.6 Å². The highest BCUT2D eigenvalue weighted by atomic mass is 32.2. The van der Waals surface area contributed by atoms with Gasteiger partial charge in [0.25, 0.3) is 0 Å². The van der Waals surface area contributed by atoms with Gasteiger partial charge >= 0.3 is 0 Å². The van der Waals surface area contributed by atoms with Crippen LogP contribution in [0.3, 0.4) is 0 Å². The Labute approximate surface area is 146 Å². The lowest BCUT2D eigenvalue weighted by atomic mass is 10.1. The molecule has 7 nitrogen and oxygen atoms in total. The molecule has 3 aromatic rings. The largest absolute Gasteiger partial charge is 0.346 e. The molecular formula is C17H19N5O2S. The highest BCUT2D eigenvalue weighted by molar-refractivity contribution is 7.89. The first-order chi connectivity index (χ1) is 11.9. The molecule has 0 aliphatic rings. The summed E-state index contributed by atoms with van der Waals surface area (Å²) in [4.78, 5) is 11.9. The fraction of sp³-hybridized carbons (Fsp3) is 0.176. The summed E-state index contributed by atoms with van der Waals surface area (Å²) in [6.45, 7) is 5.91. The summed E-state index contributed by atoms with van der Waals surface area (Å²) in [5.74, 6) is 0.613. The van der Waals surface area contributed by atoms with Gasteiger partial charge in [0.05, 0.1) is 10.3 Å². The number of aromatic nitrogens is 3. The minimum atomic E-state index is -3.51. The van der Waals surface area contributed by atoms with E-state index in [2.05, 4.69) is 31.6 Å². The molecule has 2 aromatic heterocycles. The minimum Gasteiger partial charge on any atom is -0.346 e. The molecule has 0 saturated carbocycles. The third-order valence-electron chi connectivity index (χ3n) is 3.72. The van der Waals surface area contributed by atoms with Crippen LogP contribution in [0.2, 0.25) is 0 Å². The van der Waals surface area contributed by atoms with Gasteiger partial charge in [0.2, 0.25) is 10.0 Å². The molecule has 0 spiro atoms. The summed E-state index contributed by atoms with van der Waals surface area (Å²) in [5, 5.41) is 4.06. The van der Waals surface area contributed by atoms with Crippen molar-refractivity contribution in [3.63, 3.8) is 0 Å². The molecule has 25 heavy (non-hydrogen) atoms. The normalized spacial score (nSPS) is 11.6. The SMILES string of the molecule is C=C(C)Cc1c[nH]c2ncnc(Nc3cccc(S(=O)(=O)NC)c3)c12. The van der Waals surface area contributed by atoms with Crippen molar-refractivity contribution < 1.29 is 8.42 Å². The van der Waals surface area contributed by atoms with Crippen molar-refractivity contribution in [1.29, 1.82) is 0 Å². The second-order valence-corrected chi connectivity index (χ2v) is 7.64. The number of aromatic amines is 1. The van der Waals surface area contributed by atoms with Crippen LogP contribution in [0, 0.1) is 0 Å². The lowest BCUT2D eigenvalue weighted by Gasteiger charge is -2.10. The number of allylic oxidation sites excluding steroid dienone is 1. The molecule has 0 atom stereocenters. The van der Waals surface area contributed by atoms with E-state index in [0.717, 1.165) is 16.5 Å². The van der Waals surface area contributed by atoms with Crippen molar-refractivity contribution >= 4 is 32.6 Å². The summed E-state index contributed by atoms with van der Waals surface area (Å²) in [6.07, 6.45) is 4.05. The van der Waals surface area contributed by atoms with E-state index >= 15 is 0 Å². The molecule has 0 aliphatic heterocycles. The van der Waals surface area contributed by atoms with E-state index in [1.807, 2.05) is 13.1 Å². The second kappa shape index (κ2) is 6.66. The van der Waals surface area contributed by atoms with Gasteiger partial charge in [0.15, 0.2) is 0 Å². The van der Waals surface area contributed by atoms with Crippen molar-refractivity contribution in [1.82, 2.24) is 19.7 Å². The van der Waals surface area contributed by atoms with Crippen LogP contribution < -0.4 is 10.0 Å². The molecule has 0 bridgehead atoms. The molecule has 130 valence electrons. The number of H-pyrrole nitrogens is 1. The third kappa shape index (κ3) is 3.54. The van der Waals surface area contributed by atoms with Gasteiger partial charge in [-0.05, 0) is 44.2 Å². The maximum absolute atomic E-state index is 12.0. The van der Waals surface area contributed by atoms with E-state index in [-0.39, 0.29) is 4.90 Å². The van der Waals surface area contributed by atoms with Gasteiger partial charge in [-0.25, -0.2) is 23.1 Å². The predicted molar refractivity (Wildman–Crippen MR) is 98.4 cm³/mol. The Hall–Kier alpha value is -2.71. The molecule has 2 heterocycles. The number of hydrogen-bond donors (Lipinski definition) is 3. The zero-order valence-corrected chi connectivity index (χ0v) is 14.8. The molecule has 0 radical (unpaired) electrons. The Bertz CT molecular complexity index is 1040. The average Bonchev–Trinajstić information content (AvgIpc) is 2.98. The lowest BCUT2D eigenvalue weighted by Crippen LogP contribution is -2.18. The summed E-state index contributed by atoms with van der Waals surface area (Å²) in [7, 11) is -2.13. The minimum absolute atomic E-state index is 0.182. The van der Waals surface area contributed by atoms with Gasteiger partial charge < -0.3 is 10.3 Å². The highest BCUT2D eigenvalue weighted by Crippen LogP contribution is 2.28. The fourth-order valence-electron chi connectivity index (χ4n) is 2.58. The maximum Gasteiger partial charge on any atom is 0.240 e. The summed E-state index contributed by atoms with van der Waals surface area (Å²) < 4.78 is 26.3. The monoisotopic (exact) mass is 357 g/mol. The molecule has 3 rings (SSSR count). The van der Waals surface area contributed by atoms with E-state index in [4.69, 9.17) is 0 Å². The zero-order chi connectivity index (χ0) is 18.0. The maximum atomic E-state index is 12.0. The van der Waals surface area contributed by atoms with Crippen molar-refractivity contribution in [2.24, 2.45) is 0 Å². The molecule has 0 saturated heterocycles. The Morgan fingerprint density at radius 2 is 2.12 bits per heavy atom. The van der Waals surface area contributed by atoms with Crippen LogP contribution in [-0.4, -0.2) is 30.4 Å². The number of benzene rings is 1. The smallest absolute Gasteiger partial charge is 0.240 e. The highest BCUT2D eigenvalue weighted by Gasteiger charge is 2.14. The van der Waals surface area contributed by atoms with Crippen LogP contribution in [0.5, 0.6) is 0 Å². The molecule has 0 aliphatic carbocycles. The Kier molecular flexibility index (Phi) is 4.56. The molecule has 0 unspecified atom stereocenters. The van der Waals surface area contributed by atoms with Gasteiger partial charge in [-0.1, -0.05) is 18.2 Å². The van der Waals surface area contributed by atoms with Crippen molar-refractivity contribution in [3.05, 3.63) is 54.5 Å². The number of hydrogen-bond acceptors (Lipinski definition) is 5. The Morgan fingerprint density at radius 3 is 2.84 bits per heavy atom. The lowest BCUT2D eigenvalue weighted by molar-refractivity contribution is 0.588. The third-order valence-corrected chi connectivity index (χ3v) is 5.13. The van der Waals surface area contributed by atoms with E-state index in [9.17, 15) is 8.42 Å². The van der Waals surface area contributed by atoms with E-state index in [1.54, 1.807) is 18.2 Å². The molecule has 0 fully saturated rings. The van der Waals surface area contributed by atoms with Crippen LogP contribution in [-0.2, 0) is 16.4 Å². The van der Waals surface area contributed by atoms with Crippen LogP contribution >= 0.6 is 0 Å². The zero-order valence-electron chi connectivity index (χ0n) is 14.0. The Morgan fingerprint density at radius 1 is 1.32 bits per heavy atom. The first-order valence-corrected chi connectivity index (χ1v) is 9.15. The first-order valence-electron chi connectivity index (χ1n) is 7.66. The van der Waals surface area contributed by atoms with Crippen LogP contribution in [0.15, 0.2) is 53.8 Å². The fourth-order valence-corrected chi connectivity index (χ4v) is 3.36. The number of rotatable bonds is 6. The van der Waals surface area contributed by atoms with Gasteiger partial charge in [0.1, 0.15) is 17.8 Å². The summed E-state index contributed by atoms with van der Waals surface area (Å²) in [6, 6.07) is 6.56. The van der Waals surface area contributed by atoms with E-state index in [1.165, 1.54) is 19.4 Å². The van der Waals surface area contributed by atoms with Crippen molar-refractivity contribution in [3.8, 4) is 0 Å². The van der Waals surface area contributed by atoms with Gasteiger partial charge in [-0.3, -0.25) is 0 Å². The molecule has 3 N–H and O–H groups in total. The predicted octanol–water partition coefficient (Wildman–Crippen LogP) is 2.73. The average molecular weight is 357 g/mol. The first kappa shape index (κ1) is 17.1. The number of anilines is 2. The van der Waals surface area contributed by atoms with Gasteiger partial charge in [-0.15, -0.1) is 0 Å². The standard InChI is InChI=1S/C17H19N5O2S/c1-11(2)7-12-9-19-16-15(12)17(21-10-20-16)22-13-5-4-6-14(8-13)25(23,24)18-3/h4-6,8-10,18H,1,7H2,2-3H3,(H2,19,20,21,22). The number of fused-ring (bicyclic) bond motifs is 1. The topological polar surface area (TPSA) is 99.8 Å². The molecule has 8 heteroatoms. The molecule has 1 aromatic carbocycles. The molecule has 0 amide bonds. The summed E-state index contributed by atoms with van der Waals surface area (Å²) in [5.41, 5.74) is 3.40. The summed E-state index contributed by atoms with van der Waals surface area (Å²) >= 11 is 0. The van der Waals surface area contributed by atoms with Gasteiger partial charge in [-0.2, -0.15) is 0 Å². The number of nitrogens with one attached hydrogen (secondary N) is 3. The van der Waals surface area contributed by atoms with E-state index < -0.39 is 10.0 Å². The van der Waals surface area contributed by atoms with Gasteiger partial charge in [0, 0.05) is 11.9 Å². The van der Waals surface area contributed by atoms with Crippen molar-refractivity contribution in [2.45, 2.75) is 18.2 Å². The van der Waals surface area contributed by atoms with Crippen LogP contribution in [0.4, 0.5) is 11.5 Å². The number of nitrogens with zero attached hydrogens (tertiary/aromatic N) is 2. The second-order valence-electron chi connectivity index (χ2n) is 5.75. The van der Waals surface area contributed by atoms with Crippen molar-refractivity contribution in [2.75, 3.05) is 12.4 Å². The number of sulfonamides is 1. The Balaban J connectivity index is 2.03. The quantitative estimate of drug-likeness (QED) is 0.589.